The van der Waals surface area contributed by atoms with Gasteiger partial charge in [0.15, 0.2) is 0 Å². The number of halogens is 3. The van der Waals surface area contributed by atoms with E-state index in [-0.39, 0.29) is 23.6 Å². The lowest BCUT2D eigenvalue weighted by Crippen LogP contribution is -2.37. The van der Waals surface area contributed by atoms with E-state index < -0.39 is 23.3 Å². The molecule has 1 aliphatic rings. The number of ether oxygens (including phenoxy) is 1. The Balaban J connectivity index is 1.97. The number of benzene rings is 1. The highest BCUT2D eigenvalue weighted by Crippen LogP contribution is 2.34. The molecule has 1 aromatic carbocycles. The molecular weight excluding hydrogens is 366 g/mol. The van der Waals surface area contributed by atoms with Crippen LogP contribution in [0.3, 0.4) is 0 Å². The van der Waals surface area contributed by atoms with Crippen LogP contribution in [0.4, 0.5) is 8.78 Å². The van der Waals surface area contributed by atoms with Crippen LogP contribution in [-0.2, 0) is 14.4 Å². The van der Waals surface area contributed by atoms with Crippen LogP contribution in [0, 0.1) is 11.8 Å². The average Bonchev–Trinajstić information content (AvgIpc) is 2.98. The molecule has 3 rings (SSSR count). The van der Waals surface area contributed by atoms with E-state index in [9.17, 15) is 13.6 Å². The Morgan fingerprint density at radius 1 is 1.35 bits per heavy atom. The number of aromatic nitrogens is 1. The molecule has 136 valence electrons. The normalized spacial score (nSPS) is 19.0. The van der Waals surface area contributed by atoms with E-state index in [0.717, 1.165) is 12.1 Å². The molecule has 5 nitrogen and oxygen atoms in total. The third kappa shape index (κ3) is 3.39. The van der Waals surface area contributed by atoms with Crippen molar-refractivity contribution in [1.82, 2.24) is 4.98 Å². The molecule has 2 aromatic rings. The number of rotatable bonds is 4. The Kier molecular flexibility index (Phi) is 4.91. The van der Waals surface area contributed by atoms with Gasteiger partial charge in [-0.05, 0) is 37.6 Å². The Morgan fingerprint density at radius 2 is 2.12 bits per heavy atom. The molecule has 0 saturated carbocycles. The van der Waals surface area contributed by atoms with Gasteiger partial charge < -0.3 is 9.57 Å². The van der Waals surface area contributed by atoms with Crippen molar-refractivity contribution in [3.63, 3.8) is 0 Å². The molecule has 0 spiro atoms. The van der Waals surface area contributed by atoms with Gasteiger partial charge in [-0.15, -0.1) is 0 Å². The van der Waals surface area contributed by atoms with E-state index in [0.29, 0.717) is 16.8 Å². The van der Waals surface area contributed by atoms with Crippen LogP contribution in [0.1, 0.15) is 25.8 Å². The summed E-state index contributed by atoms with van der Waals surface area (Å²) in [6.45, 7) is 3.45. The summed E-state index contributed by atoms with van der Waals surface area (Å²) in [7, 11) is 0. The van der Waals surface area contributed by atoms with Crippen LogP contribution in [0.5, 0.6) is 0 Å². The van der Waals surface area contributed by atoms with Crippen LogP contribution in [0.2, 0.25) is 5.02 Å². The van der Waals surface area contributed by atoms with Crippen molar-refractivity contribution in [2.75, 3.05) is 6.61 Å². The second kappa shape index (κ2) is 6.99. The second-order valence-corrected chi connectivity index (χ2v) is 6.34. The van der Waals surface area contributed by atoms with Crippen LogP contribution in [-0.4, -0.2) is 28.9 Å². The lowest BCUT2D eigenvalue weighted by molar-refractivity contribution is -0.166. The summed E-state index contributed by atoms with van der Waals surface area (Å²) in [6, 6.07) is 5.17. The lowest BCUT2D eigenvalue weighted by Gasteiger charge is -2.18. The fourth-order valence-corrected chi connectivity index (χ4v) is 2.90. The van der Waals surface area contributed by atoms with Crippen LogP contribution >= 0.6 is 11.6 Å². The van der Waals surface area contributed by atoms with Gasteiger partial charge in [-0.25, -0.2) is 14.2 Å². The van der Waals surface area contributed by atoms with Crippen molar-refractivity contribution in [2.45, 2.75) is 25.9 Å². The summed E-state index contributed by atoms with van der Waals surface area (Å²) < 4.78 is 32.7. The number of esters is 1. The monoisotopic (exact) mass is 380 g/mol. The van der Waals surface area contributed by atoms with Gasteiger partial charge in [0.2, 0.25) is 11.5 Å². The molecule has 1 aliphatic heterocycles. The largest absolute Gasteiger partial charge is 0.463 e. The Labute approximate surface area is 153 Å². The zero-order valence-corrected chi connectivity index (χ0v) is 14.8. The summed E-state index contributed by atoms with van der Waals surface area (Å²) in [6.07, 6.45) is 1.35. The summed E-state index contributed by atoms with van der Waals surface area (Å²) in [5.41, 5.74) is -0.0557. The van der Waals surface area contributed by atoms with E-state index in [1.165, 1.54) is 18.3 Å². The molecule has 1 aromatic heterocycles. The Hall–Kier alpha value is -2.54. The number of carbonyl (C=O) groups excluding carboxylic acids is 1. The highest BCUT2D eigenvalue weighted by atomic mass is 35.5. The fourth-order valence-electron chi connectivity index (χ4n) is 2.64. The van der Waals surface area contributed by atoms with E-state index >= 15 is 0 Å². The minimum atomic E-state index is -1.27. The maximum atomic E-state index is 14.3. The number of hydrogen-bond acceptors (Lipinski definition) is 5. The Bertz CT molecular complexity index is 904. The summed E-state index contributed by atoms with van der Waals surface area (Å²) >= 11 is 6.16. The highest BCUT2D eigenvalue weighted by Gasteiger charge is 2.44. The van der Waals surface area contributed by atoms with Crippen LogP contribution < -0.4 is 0 Å². The summed E-state index contributed by atoms with van der Waals surface area (Å²) in [5.74, 6) is -1.89. The smallest absolute Gasteiger partial charge is 0.353 e. The van der Waals surface area contributed by atoms with E-state index in [4.69, 9.17) is 21.2 Å². The molecule has 0 amide bonds. The minimum absolute atomic E-state index is 0.108. The number of oxime groups is 1. The van der Waals surface area contributed by atoms with E-state index in [2.05, 4.69) is 10.1 Å². The maximum absolute atomic E-state index is 14.3. The summed E-state index contributed by atoms with van der Waals surface area (Å²) in [5, 5.41) is 4.04. The first kappa shape index (κ1) is 18.3. The molecule has 0 aliphatic carbocycles. The van der Waals surface area contributed by atoms with Gasteiger partial charge in [0.1, 0.15) is 5.82 Å². The van der Waals surface area contributed by atoms with Crippen molar-refractivity contribution in [1.29, 1.82) is 0 Å². The van der Waals surface area contributed by atoms with Gasteiger partial charge in [0, 0.05) is 29.8 Å². The molecule has 0 fully saturated rings. The number of hydrogen-bond donors (Lipinski definition) is 0. The van der Waals surface area contributed by atoms with Crippen LogP contribution in [0.15, 0.2) is 35.6 Å². The SMILES string of the molecule is CCOC(=O)C1(C)CC(c2cc(-c3ccnc(F)c3)c(F)cc2Cl)=NO1. The zero-order chi connectivity index (χ0) is 18.9. The molecule has 0 bridgehead atoms. The number of carbonyl (C=O) groups is 1. The molecule has 0 N–H and O–H groups in total. The van der Waals surface area contributed by atoms with Crippen LogP contribution in [0.25, 0.3) is 11.1 Å². The maximum Gasteiger partial charge on any atom is 0.353 e. The number of pyridine rings is 1. The van der Waals surface area contributed by atoms with Crippen molar-refractivity contribution < 1.29 is 23.1 Å². The van der Waals surface area contributed by atoms with Crippen molar-refractivity contribution in [2.24, 2.45) is 5.16 Å². The van der Waals surface area contributed by atoms with Gasteiger partial charge in [0.25, 0.3) is 0 Å². The first-order valence-corrected chi connectivity index (χ1v) is 8.25. The molecule has 2 heterocycles. The van der Waals surface area contributed by atoms with Crippen molar-refractivity contribution >= 4 is 23.3 Å². The molecule has 1 atom stereocenters. The molecule has 1 unspecified atom stereocenters. The van der Waals surface area contributed by atoms with Crippen molar-refractivity contribution in [3.8, 4) is 11.1 Å². The van der Waals surface area contributed by atoms with E-state index in [1.807, 2.05) is 0 Å². The molecule has 8 heteroatoms. The standard InChI is InChI=1S/C18H15ClF2N2O3/c1-3-25-17(24)18(2)9-15(23-26-18)12-7-11(14(20)8-13(12)19)10-4-5-22-16(21)6-10/h4-8H,3,9H2,1-2H3. The molecule has 0 radical (unpaired) electrons. The summed E-state index contributed by atoms with van der Waals surface area (Å²) in [4.78, 5) is 20.8. The highest BCUT2D eigenvalue weighted by molar-refractivity contribution is 6.34. The zero-order valence-electron chi connectivity index (χ0n) is 14.1. The topological polar surface area (TPSA) is 60.8 Å². The lowest BCUT2D eigenvalue weighted by atomic mass is 9.94. The molecule has 26 heavy (non-hydrogen) atoms. The predicted octanol–water partition coefficient (Wildman–Crippen LogP) is 4.13. The quantitative estimate of drug-likeness (QED) is 0.591. The predicted molar refractivity (Wildman–Crippen MR) is 91.9 cm³/mol. The Morgan fingerprint density at radius 3 is 2.81 bits per heavy atom. The fraction of sp³-hybridized carbons (Fsp3) is 0.278. The third-order valence-corrected chi connectivity index (χ3v) is 4.29. The van der Waals surface area contributed by atoms with Gasteiger partial charge in [0.05, 0.1) is 17.3 Å². The molecule has 0 saturated heterocycles. The number of nitrogens with zero attached hydrogens (tertiary/aromatic N) is 2. The van der Waals surface area contributed by atoms with Gasteiger partial charge in [-0.2, -0.15) is 4.39 Å². The van der Waals surface area contributed by atoms with Gasteiger partial charge in [-0.1, -0.05) is 16.8 Å². The average molecular weight is 381 g/mol. The first-order valence-electron chi connectivity index (χ1n) is 7.87. The van der Waals surface area contributed by atoms with Crippen molar-refractivity contribution in [3.05, 3.63) is 52.8 Å². The van der Waals surface area contributed by atoms with Gasteiger partial charge in [-0.3, -0.25) is 0 Å². The minimum Gasteiger partial charge on any atom is -0.463 e. The third-order valence-electron chi connectivity index (χ3n) is 3.97. The molecular formula is C18H15ClF2N2O3. The first-order chi connectivity index (χ1) is 12.3. The van der Waals surface area contributed by atoms with E-state index in [1.54, 1.807) is 13.8 Å². The van der Waals surface area contributed by atoms with Gasteiger partial charge >= 0.3 is 5.97 Å². The second-order valence-electron chi connectivity index (χ2n) is 5.94.